The number of carboxylic acids is 1. The van der Waals surface area contributed by atoms with Crippen molar-refractivity contribution in [2.75, 3.05) is 0 Å². The van der Waals surface area contributed by atoms with Gasteiger partial charge in [0.2, 0.25) is 0 Å². The molecule has 1 heterocycles. The molecule has 1 aromatic carbocycles. The van der Waals surface area contributed by atoms with E-state index >= 15 is 0 Å². The van der Waals surface area contributed by atoms with Gasteiger partial charge in [-0.25, -0.2) is 13.9 Å². The van der Waals surface area contributed by atoms with Crippen molar-refractivity contribution in [1.82, 2.24) is 15.1 Å². The molecule has 0 saturated carbocycles. The average molecular weight is 357 g/mol. The Kier molecular flexibility index (Phi) is 5.16. The molecule has 2 aromatic rings. The minimum Gasteiger partial charge on any atom is -0.480 e. The number of hydrogen-bond donors (Lipinski definition) is 2. The summed E-state index contributed by atoms with van der Waals surface area (Å²) in [7, 11) is 0. The molecule has 6 nitrogen and oxygen atoms in total. The predicted molar refractivity (Wildman–Crippen MR) is 93.9 cm³/mol. The van der Waals surface area contributed by atoms with Gasteiger partial charge < -0.3 is 10.4 Å². The zero-order valence-electron chi connectivity index (χ0n) is 14.4. The molecule has 7 heteroatoms. The molecule has 2 N–H and O–H groups in total. The maximum atomic E-state index is 13.6. The van der Waals surface area contributed by atoms with Gasteiger partial charge >= 0.3 is 5.97 Å². The van der Waals surface area contributed by atoms with E-state index in [-0.39, 0.29) is 17.9 Å². The molecule has 1 aromatic heterocycles. The SMILES string of the molecule is C/C=C/CC(NC(=O)c1nn(-c2cccc(F)c2)c2c1CCC2)C(=O)O. The number of carbonyl (C=O) groups is 2. The fourth-order valence-electron chi connectivity index (χ4n) is 3.16. The first-order valence-corrected chi connectivity index (χ1v) is 8.52. The van der Waals surface area contributed by atoms with Crippen LogP contribution in [0.2, 0.25) is 0 Å². The third-order valence-electron chi connectivity index (χ3n) is 4.41. The minimum absolute atomic E-state index is 0.199. The van der Waals surface area contributed by atoms with Gasteiger partial charge in [-0.1, -0.05) is 18.2 Å². The van der Waals surface area contributed by atoms with Crippen molar-refractivity contribution in [3.63, 3.8) is 0 Å². The second kappa shape index (κ2) is 7.51. The first kappa shape index (κ1) is 17.8. The molecule has 136 valence electrons. The Bertz CT molecular complexity index is 873. The first-order valence-electron chi connectivity index (χ1n) is 8.52. The number of nitrogens with one attached hydrogen (secondary N) is 1. The number of nitrogens with zero attached hydrogens (tertiary/aromatic N) is 2. The van der Waals surface area contributed by atoms with Crippen LogP contribution in [0.25, 0.3) is 5.69 Å². The second-order valence-corrected chi connectivity index (χ2v) is 6.19. The van der Waals surface area contributed by atoms with Crippen molar-refractivity contribution in [2.24, 2.45) is 0 Å². The van der Waals surface area contributed by atoms with E-state index in [9.17, 15) is 19.1 Å². The molecular formula is C19H20FN3O3. The van der Waals surface area contributed by atoms with E-state index in [1.807, 2.05) is 0 Å². The zero-order valence-corrected chi connectivity index (χ0v) is 14.4. The standard InChI is InChI=1S/C19H20FN3O3/c1-2-3-9-15(19(25)26)21-18(24)17-14-8-5-10-16(14)23(22-17)13-7-4-6-12(20)11-13/h2-4,6-7,11,15H,5,8-10H2,1H3,(H,21,24)(H,25,26)/b3-2+. The van der Waals surface area contributed by atoms with E-state index in [0.29, 0.717) is 12.1 Å². The highest BCUT2D eigenvalue weighted by Crippen LogP contribution is 2.28. The van der Waals surface area contributed by atoms with Gasteiger partial charge in [0.1, 0.15) is 11.9 Å². The molecule has 0 spiro atoms. The molecule has 0 fully saturated rings. The second-order valence-electron chi connectivity index (χ2n) is 6.19. The van der Waals surface area contributed by atoms with Crippen LogP contribution in [-0.2, 0) is 17.6 Å². The van der Waals surface area contributed by atoms with Gasteiger partial charge in [0, 0.05) is 11.3 Å². The Hall–Kier alpha value is -2.96. The summed E-state index contributed by atoms with van der Waals surface area (Å²) in [6, 6.07) is 5.00. The number of carbonyl (C=O) groups excluding carboxylic acids is 1. The van der Waals surface area contributed by atoms with Gasteiger partial charge in [-0.05, 0) is 50.8 Å². The molecule has 0 aliphatic heterocycles. The van der Waals surface area contributed by atoms with Crippen molar-refractivity contribution in [3.05, 3.63) is 59.2 Å². The van der Waals surface area contributed by atoms with Gasteiger partial charge in [-0.2, -0.15) is 5.10 Å². The quantitative estimate of drug-likeness (QED) is 0.779. The summed E-state index contributed by atoms with van der Waals surface area (Å²) in [6.07, 6.45) is 5.94. The Morgan fingerprint density at radius 2 is 2.23 bits per heavy atom. The average Bonchev–Trinajstić information content (AvgIpc) is 3.20. The first-order chi connectivity index (χ1) is 12.5. The highest BCUT2D eigenvalue weighted by atomic mass is 19.1. The number of carboxylic acid groups (broad SMARTS) is 1. The van der Waals surface area contributed by atoms with Crippen LogP contribution in [0.15, 0.2) is 36.4 Å². The van der Waals surface area contributed by atoms with E-state index in [2.05, 4.69) is 10.4 Å². The predicted octanol–water partition coefficient (Wildman–Crippen LogP) is 2.65. The number of hydrogen-bond acceptors (Lipinski definition) is 3. The Balaban J connectivity index is 1.92. The van der Waals surface area contributed by atoms with Crippen molar-refractivity contribution in [3.8, 4) is 5.69 Å². The normalized spacial score (nSPS) is 14.4. The van der Waals surface area contributed by atoms with Crippen LogP contribution in [0, 0.1) is 5.82 Å². The molecule has 1 atom stereocenters. The maximum absolute atomic E-state index is 13.6. The van der Waals surface area contributed by atoms with Gasteiger partial charge in [-0.3, -0.25) is 4.79 Å². The number of aliphatic carboxylic acids is 1. The monoisotopic (exact) mass is 357 g/mol. The van der Waals surface area contributed by atoms with Gasteiger partial charge in [0.05, 0.1) is 5.69 Å². The number of benzene rings is 1. The highest BCUT2D eigenvalue weighted by molar-refractivity contribution is 5.96. The van der Waals surface area contributed by atoms with Crippen LogP contribution in [0.1, 0.15) is 41.5 Å². The third-order valence-corrected chi connectivity index (χ3v) is 4.41. The topological polar surface area (TPSA) is 84.2 Å². The molecule has 1 unspecified atom stereocenters. The van der Waals surface area contributed by atoms with Crippen LogP contribution in [0.3, 0.4) is 0 Å². The van der Waals surface area contributed by atoms with E-state index in [4.69, 9.17) is 0 Å². The number of fused-ring (bicyclic) bond motifs is 1. The lowest BCUT2D eigenvalue weighted by Gasteiger charge is -2.12. The van der Waals surface area contributed by atoms with Crippen molar-refractivity contribution >= 4 is 11.9 Å². The Morgan fingerprint density at radius 1 is 1.42 bits per heavy atom. The summed E-state index contributed by atoms with van der Waals surface area (Å²) in [5.41, 5.74) is 2.45. The molecule has 0 bridgehead atoms. The van der Waals surface area contributed by atoms with E-state index in [1.165, 1.54) is 12.1 Å². The number of amides is 1. The summed E-state index contributed by atoms with van der Waals surface area (Å²) < 4.78 is 15.1. The molecule has 0 radical (unpaired) electrons. The number of halogens is 1. The summed E-state index contributed by atoms with van der Waals surface area (Å²) >= 11 is 0. The lowest BCUT2D eigenvalue weighted by atomic mass is 10.1. The van der Waals surface area contributed by atoms with Crippen molar-refractivity contribution < 1.29 is 19.1 Å². The summed E-state index contributed by atoms with van der Waals surface area (Å²) in [6.45, 7) is 1.79. The number of aromatic nitrogens is 2. The highest BCUT2D eigenvalue weighted by Gasteiger charge is 2.29. The largest absolute Gasteiger partial charge is 0.480 e. The van der Waals surface area contributed by atoms with Crippen molar-refractivity contribution in [1.29, 1.82) is 0 Å². The van der Waals surface area contributed by atoms with E-state index in [1.54, 1.807) is 35.9 Å². The third kappa shape index (κ3) is 3.51. The van der Waals surface area contributed by atoms with Gasteiger partial charge in [0.15, 0.2) is 5.69 Å². The summed E-state index contributed by atoms with van der Waals surface area (Å²) in [5, 5.41) is 16.2. The molecule has 26 heavy (non-hydrogen) atoms. The zero-order chi connectivity index (χ0) is 18.7. The van der Waals surface area contributed by atoms with Crippen LogP contribution >= 0.6 is 0 Å². The minimum atomic E-state index is -1.10. The fourth-order valence-corrected chi connectivity index (χ4v) is 3.16. The van der Waals surface area contributed by atoms with E-state index in [0.717, 1.165) is 24.1 Å². The lowest BCUT2D eigenvalue weighted by molar-refractivity contribution is -0.139. The Labute approximate surface area is 150 Å². The van der Waals surface area contributed by atoms with E-state index < -0.39 is 17.9 Å². The van der Waals surface area contributed by atoms with Crippen molar-refractivity contribution in [2.45, 2.75) is 38.6 Å². The molecular weight excluding hydrogens is 337 g/mol. The molecule has 1 amide bonds. The molecule has 3 rings (SSSR count). The van der Waals surface area contributed by atoms with Gasteiger partial charge in [-0.15, -0.1) is 0 Å². The van der Waals surface area contributed by atoms with Crippen LogP contribution in [0.5, 0.6) is 0 Å². The molecule has 1 aliphatic carbocycles. The smallest absolute Gasteiger partial charge is 0.326 e. The summed E-state index contributed by atoms with van der Waals surface area (Å²) in [5.74, 6) is -2.00. The van der Waals surface area contributed by atoms with Crippen LogP contribution in [-0.4, -0.2) is 32.8 Å². The fraction of sp³-hybridized carbons (Fsp3) is 0.316. The van der Waals surface area contributed by atoms with Crippen LogP contribution in [0.4, 0.5) is 4.39 Å². The number of allylic oxidation sites excluding steroid dienone is 1. The Morgan fingerprint density at radius 3 is 2.92 bits per heavy atom. The van der Waals surface area contributed by atoms with Crippen LogP contribution < -0.4 is 5.32 Å². The molecule has 0 saturated heterocycles. The van der Waals surface area contributed by atoms with Gasteiger partial charge in [0.25, 0.3) is 5.91 Å². The summed E-state index contributed by atoms with van der Waals surface area (Å²) in [4.78, 5) is 24.0. The maximum Gasteiger partial charge on any atom is 0.326 e. The number of rotatable bonds is 6. The lowest BCUT2D eigenvalue weighted by Crippen LogP contribution is -2.40. The molecule has 1 aliphatic rings.